The predicted molar refractivity (Wildman–Crippen MR) is 339 cm³/mol. The first kappa shape index (κ1) is 68.5. The van der Waals surface area contributed by atoms with Crippen LogP contribution >= 0.6 is 38.6 Å². The molecule has 0 bridgehead atoms. The van der Waals surface area contributed by atoms with Crippen LogP contribution in [-0.2, 0) is 42.6 Å². The summed E-state index contributed by atoms with van der Waals surface area (Å²) in [5.41, 5.74) is 1.92. The van der Waals surface area contributed by atoms with Crippen molar-refractivity contribution in [3.05, 3.63) is 128 Å². The van der Waals surface area contributed by atoms with E-state index in [-0.39, 0.29) is 53.2 Å². The highest BCUT2D eigenvalue weighted by molar-refractivity contribution is 9.11. The van der Waals surface area contributed by atoms with Crippen LogP contribution in [0.15, 0.2) is 111 Å². The number of benzene rings is 2. The van der Waals surface area contributed by atoms with E-state index in [1.165, 1.54) is 28.5 Å². The number of nitrogens with one attached hydrogen (secondary N) is 6. The van der Waals surface area contributed by atoms with Crippen molar-refractivity contribution in [1.82, 2.24) is 49.8 Å². The Morgan fingerprint density at radius 3 is 1.45 bits per heavy atom. The molecule has 22 nitrogen and oxygen atoms in total. The van der Waals surface area contributed by atoms with Gasteiger partial charge in [-0.15, -0.1) is 22.7 Å². The zero-order valence-electron chi connectivity index (χ0n) is 50.4. The molecular formula is C59H79BrN12O10S4. The Balaban J connectivity index is 0.000000228. The standard InChI is InChI=1S/C29H38N6O5S2.C18H24N4O3S.C12H17BrN2O2S/c1-19(2)40-28(37)35-14-11-20(12-15-35)26-31-18-24(41-26)23-10-9-21(16-25(23)42(38,39)34-29(3,4)5)33-27(36)32-17-22-8-6-7-13-30-22;1-13-8-9-14(11-16(13)26(24,25)22-18(2,3)4)21-17(23)20-12-15-7-5-6-10-19-15;1-8(2)17-12(16)15-5-3-9(4-6-15)11-14-7-10(13)18-11/h6-10,13,16,18-20,34H,11-12,14-15,17H2,1-5H3,(H2,32,33,36);5-11,22H,12H2,1-4H3,(H2,20,21,23);7-9H,3-6H2,1-2H3. The van der Waals surface area contributed by atoms with Gasteiger partial charge in [-0.3, -0.25) is 9.97 Å². The predicted octanol–water partition coefficient (Wildman–Crippen LogP) is 11.7. The van der Waals surface area contributed by atoms with E-state index < -0.39 is 43.2 Å². The number of likely N-dealkylation sites (tertiary alicyclic amines) is 2. The van der Waals surface area contributed by atoms with Gasteiger partial charge in [0, 0.05) is 84.6 Å². The average molecular weight is 1320 g/mol. The van der Waals surface area contributed by atoms with E-state index in [1.807, 2.05) is 46.0 Å². The first-order valence-electron chi connectivity index (χ1n) is 28.1. The number of aryl methyl sites for hydroxylation is 1. The van der Waals surface area contributed by atoms with Gasteiger partial charge in [0.15, 0.2) is 0 Å². The van der Waals surface area contributed by atoms with Crippen molar-refractivity contribution in [2.24, 2.45) is 0 Å². The highest BCUT2D eigenvalue weighted by Crippen LogP contribution is 2.39. The second-order valence-electron chi connectivity index (χ2n) is 23.1. The number of nitrogens with zero attached hydrogens (tertiary/aromatic N) is 6. The van der Waals surface area contributed by atoms with Crippen LogP contribution in [0.5, 0.6) is 0 Å². The van der Waals surface area contributed by atoms with Gasteiger partial charge in [-0.05, 0) is 172 Å². The molecule has 2 fully saturated rings. The molecule has 27 heteroatoms. The number of carbonyl (C=O) groups is 4. The smallest absolute Gasteiger partial charge is 0.410 e. The lowest BCUT2D eigenvalue weighted by Crippen LogP contribution is -2.40. The van der Waals surface area contributed by atoms with Crippen molar-refractivity contribution in [2.45, 2.75) is 160 Å². The molecule has 466 valence electrons. The minimum absolute atomic E-state index is 0.0430. The number of anilines is 2. The minimum Gasteiger partial charge on any atom is -0.447 e. The number of pyridine rings is 2. The van der Waals surface area contributed by atoms with Crippen molar-refractivity contribution in [3.8, 4) is 10.4 Å². The lowest BCUT2D eigenvalue weighted by Gasteiger charge is -2.30. The number of aromatic nitrogens is 4. The maximum absolute atomic E-state index is 13.6. The van der Waals surface area contributed by atoms with Gasteiger partial charge in [0.25, 0.3) is 0 Å². The summed E-state index contributed by atoms with van der Waals surface area (Å²) in [5, 5.41) is 12.8. The van der Waals surface area contributed by atoms with Crippen LogP contribution < -0.4 is 30.7 Å². The van der Waals surface area contributed by atoms with Crippen LogP contribution in [0.4, 0.5) is 30.6 Å². The highest BCUT2D eigenvalue weighted by Gasteiger charge is 2.31. The molecule has 2 aromatic carbocycles. The van der Waals surface area contributed by atoms with E-state index >= 15 is 0 Å². The molecule has 4 aromatic heterocycles. The Bertz CT molecular complexity index is 3450. The molecule has 2 aliphatic heterocycles. The second kappa shape index (κ2) is 30.8. The van der Waals surface area contributed by atoms with Crippen LogP contribution in [0.25, 0.3) is 10.4 Å². The number of ether oxygens (including phenoxy) is 2. The quantitative estimate of drug-likeness (QED) is 0.0558. The highest BCUT2D eigenvalue weighted by atomic mass is 79.9. The number of halogens is 1. The Hall–Kier alpha value is -6.62. The maximum atomic E-state index is 13.6. The molecule has 86 heavy (non-hydrogen) atoms. The number of carbonyl (C=O) groups excluding carboxylic acids is 4. The van der Waals surface area contributed by atoms with E-state index in [0.717, 1.165) is 53.3 Å². The molecule has 2 aliphatic rings. The molecule has 6 amide bonds. The molecule has 0 saturated carbocycles. The van der Waals surface area contributed by atoms with Gasteiger partial charge in [-0.2, -0.15) is 0 Å². The van der Waals surface area contributed by atoms with Crippen molar-refractivity contribution in [2.75, 3.05) is 36.8 Å². The first-order chi connectivity index (χ1) is 40.4. The van der Waals surface area contributed by atoms with Crippen molar-refractivity contribution < 1.29 is 45.5 Å². The summed E-state index contributed by atoms with van der Waals surface area (Å²) in [6.07, 6.45) is 9.53. The molecule has 0 atom stereocenters. The summed E-state index contributed by atoms with van der Waals surface area (Å²) in [7, 11) is -7.66. The van der Waals surface area contributed by atoms with Gasteiger partial charge in [-0.1, -0.05) is 24.3 Å². The number of hydrogen-bond donors (Lipinski definition) is 6. The molecule has 0 spiro atoms. The average Bonchev–Trinajstić information content (AvgIpc) is 2.01. The monoisotopic (exact) mass is 1320 g/mol. The lowest BCUT2D eigenvalue weighted by atomic mass is 9.98. The lowest BCUT2D eigenvalue weighted by molar-refractivity contribution is 0.0683. The summed E-state index contributed by atoms with van der Waals surface area (Å²) in [5.74, 6) is 0.632. The fourth-order valence-electron chi connectivity index (χ4n) is 8.83. The van der Waals surface area contributed by atoms with Gasteiger partial charge in [0.2, 0.25) is 20.0 Å². The Labute approximate surface area is 521 Å². The molecule has 8 rings (SSSR count). The van der Waals surface area contributed by atoms with E-state index in [2.05, 4.69) is 66.6 Å². The fourth-order valence-corrected chi connectivity index (χ4v) is 14.8. The number of piperidine rings is 2. The van der Waals surface area contributed by atoms with E-state index in [9.17, 15) is 36.0 Å². The number of rotatable bonds is 15. The van der Waals surface area contributed by atoms with Crippen LogP contribution in [0, 0.1) is 6.92 Å². The number of hydrogen-bond acceptors (Lipinski definition) is 16. The molecule has 6 aromatic rings. The van der Waals surface area contributed by atoms with Gasteiger partial charge < -0.3 is 40.5 Å². The van der Waals surface area contributed by atoms with Crippen LogP contribution in [0.2, 0.25) is 0 Å². The fraction of sp³-hybridized carbons (Fsp3) is 0.458. The third-order valence-corrected chi connectivity index (χ3v) is 19.1. The van der Waals surface area contributed by atoms with Crippen LogP contribution in [0.1, 0.15) is 134 Å². The number of sulfonamides is 2. The molecular weight excluding hydrogens is 1240 g/mol. The third kappa shape index (κ3) is 22.0. The zero-order chi connectivity index (χ0) is 63.0. The van der Waals surface area contributed by atoms with Crippen molar-refractivity contribution in [1.29, 1.82) is 0 Å². The number of urea groups is 2. The third-order valence-electron chi connectivity index (χ3n) is 12.6. The molecule has 2 saturated heterocycles. The van der Waals surface area contributed by atoms with Crippen LogP contribution in [0.3, 0.4) is 0 Å². The largest absolute Gasteiger partial charge is 0.447 e. The normalized spacial score (nSPS) is 14.3. The van der Waals surface area contributed by atoms with Gasteiger partial charge in [0.1, 0.15) is 0 Å². The Morgan fingerprint density at radius 2 is 1.03 bits per heavy atom. The topological polar surface area (TPSA) is 285 Å². The summed E-state index contributed by atoms with van der Waals surface area (Å²) in [6, 6.07) is 19.5. The SMILES string of the molecule is CC(C)OC(=O)N1CCC(c2ncc(-c3ccc(NC(=O)NCc4ccccn4)cc3S(=O)(=O)NC(C)(C)C)s2)CC1.CC(C)OC(=O)N1CCC(c2ncc(Br)s2)CC1.Cc1ccc(NC(=O)NCc2ccccn2)cc1S(=O)(=O)NC(C)(C)C. The summed E-state index contributed by atoms with van der Waals surface area (Å²) >= 11 is 6.56. The Kier molecular flexibility index (Phi) is 24.6. The minimum atomic E-state index is -3.96. The number of amides is 6. The second-order valence-corrected chi connectivity index (χ2v) is 29.9. The summed E-state index contributed by atoms with van der Waals surface area (Å²) in [6.45, 7) is 22.9. The summed E-state index contributed by atoms with van der Waals surface area (Å²) < 4.78 is 69.2. The van der Waals surface area contributed by atoms with Crippen molar-refractivity contribution >= 4 is 94.3 Å². The molecule has 0 unspecified atom stereocenters. The zero-order valence-corrected chi connectivity index (χ0v) is 55.2. The molecule has 0 radical (unpaired) electrons. The van der Waals surface area contributed by atoms with E-state index in [4.69, 9.17) is 9.47 Å². The van der Waals surface area contributed by atoms with Crippen LogP contribution in [-0.4, -0.2) is 120 Å². The Morgan fingerprint density at radius 1 is 0.605 bits per heavy atom. The van der Waals surface area contributed by atoms with Gasteiger partial charge >= 0.3 is 24.2 Å². The number of thiazole rings is 2. The van der Waals surface area contributed by atoms with Gasteiger partial charge in [0.05, 0.1) is 71.4 Å². The van der Waals surface area contributed by atoms with E-state index in [0.29, 0.717) is 52.1 Å². The first-order valence-corrected chi connectivity index (χ1v) is 33.5. The van der Waals surface area contributed by atoms with Gasteiger partial charge in [-0.25, -0.2) is 55.4 Å². The molecule has 0 aliphatic carbocycles. The molecule has 6 N–H and O–H groups in total. The summed E-state index contributed by atoms with van der Waals surface area (Å²) in [4.78, 5) is 70.3. The van der Waals surface area contributed by atoms with Crippen molar-refractivity contribution in [3.63, 3.8) is 0 Å². The van der Waals surface area contributed by atoms with E-state index in [1.54, 1.807) is 137 Å². The maximum Gasteiger partial charge on any atom is 0.410 e. The molecule has 6 heterocycles.